The minimum Gasteiger partial charge on any atom is -0.361 e. The summed E-state index contributed by atoms with van der Waals surface area (Å²) in [5.74, 6) is 0.757. The predicted molar refractivity (Wildman–Crippen MR) is 60.8 cm³/mol. The summed E-state index contributed by atoms with van der Waals surface area (Å²) in [5.41, 5.74) is 1.79. The molecule has 1 heterocycles. The lowest BCUT2D eigenvalue weighted by atomic mass is 10.2. The van der Waals surface area contributed by atoms with Crippen LogP contribution in [0.25, 0.3) is 0 Å². The fraction of sp³-hybridized carbons (Fsp3) is 0.600. The quantitative estimate of drug-likeness (QED) is 0.856. The van der Waals surface area contributed by atoms with Gasteiger partial charge in [-0.05, 0) is 20.3 Å². The van der Waals surface area contributed by atoms with Crippen LogP contribution in [0.5, 0.6) is 0 Å². The van der Waals surface area contributed by atoms with Gasteiger partial charge in [0.05, 0.1) is 10.5 Å². The van der Waals surface area contributed by atoms with Crippen LogP contribution >= 0.6 is 15.9 Å². The zero-order valence-corrected chi connectivity index (χ0v) is 10.7. The molecule has 1 aromatic rings. The molecule has 0 saturated carbocycles. The van der Waals surface area contributed by atoms with Crippen LogP contribution in [0.15, 0.2) is 4.52 Å². The summed E-state index contributed by atoms with van der Waals surface area (Å²) in [5, 5.41) is 6.65. The lowest BCUT2D eigenvalue weighted by Crippen LogP contribution is -2.30. The van der Waals surface area contributed by atoms with Crippen LogP contribution in [0, 0.1) is 13.8 Å². The van der Waals surface area contributed by atoms with Gasteiger partial charge in [0, 0.05) is 12.1 Å². The first-order valence-corrected chi connectivity index (χ1v) is 5.81. The van der Waals surface area contributed by atoms with E-state index in [-0.39, 0.29) is 10.7 Å². The van der Waals surface area contributed by atoms with Gasteiger partial charge in [-0.1, -0.05) is 28.0 Å². The lowest BCUT2D eigenvalue weighted by molar-refractivity contribution is -0.120. The van der Waals surface area contributed by atoms with Crippen LogP contribution in [-0.4, -0.2) is 15.9 Å². The van der Waals surface area contributed by atoms with Crippen LogP contribution in [-0.2, 0) is 11.3 Å². The first-order chi connectivity index (χ1) is 7.06. The summed E-state index contributed by atoms with van der Waals surface area (Å²) in [6.45, 7) is 6.13. The Bertz CT molecular complexity index is 330. The summed E-state index contributed by atoms with van der Waals surface area (Å²) in [7, 11) is 0. The number of rotatable bonds is 4. The van der Waals surface area contributed by atoms with Gasteiger partial charge < -0.3 is 9.84 Å². The molecule has 0 aliphatic rings. The highest BCUT2D eigenvalue weighted by molar-refractivity contribution is 9.10. The third kappa shape index (κ3) is 3.06. The number of nitrogens with zero attached hydrogens (tertiary/aromatic N) is 1. The average Bonchev–Trinajstić information content (AvgIpc) is 2.54. The van der Waals surface area contributed by atoms with Crippen molar-refractivity contribution >= 4 is 21.8 Å². The van der Waals surface area contributed by atoms with Crippen molar-refractivity contribution in [2.24, 2.45) is 0 Å². The Balaban J connectivity index is 2.54. The summed E-state index contributed by atoms with van der Waals surface area (Å²) < 4.78 is 5.00. The van der Waals surface area contributed by atoms with Gasteiger partial charge in [-0.15, -0.1) is 0 Å². The normalized spacial score (nSPS) is 12.5. The Labute approximate surface area is 97.5 Å². The van der Waals surface area contributed by atoms with E-state index in [2.05, 4.69) is 26.4 Å². The van der Waals surface area contributed by atoms with Gasteiger partial charge in [-0.3, -0.25) is 4.79 Å². The Morgan fingerprint density at radius 3 is 2.73 bits per heavy atom. The van der Waals surface area contributed by atoms with E-state index in [1.54, 1.807) is 0 Å². The number of aryl methyl sites for hydroxylation is 2. The van der Waals surface area contributed by atoms with E-state index >= 15 is 0 Å². The topological polar surface area (TPSA) is 55.1 Å². The maximum atomic E-state index is 11.5. The number of nitrogens with one attached hydrogen (secondary N) is 1. The molecule has 15 heavy (non-hydrogen) atoms. The van der Waals surface area contributed by atoms with Gasteiger partial charge in [0.15, 0.2) is 0 Å². The van der Waals surface area contributed by atoms with Crippen molar-refractivity contribution < 1.29 is 9.32 Å². The van der Waals surface area contributed by atoms with Gasteiger partial charge >= 0.3 is 0 Å². The second-order valence-electron chi connectivity index (χ2n) is 3.40. The monoisotopic (exact) mass is 274 g/mol. The van der Waals surface area contributed by atoms with E-state index in [9.17, 15) is 4.79 Å². The number of carbonyl (C=O) groups is 1. The third-order valence-electron chi connectivity index (χ3n) is 2.26. The van der Waals surface area contributed by atoms with Crippen LogP contribution in [0.2, 0.25) is 0 Å². The maximum absolute atomic E-state index is 11.5. The van der Waals surface area contributed by atoms with E-state index in [1.807, 2.05) is 20.8 Å². The van der Waals surface area contributed by atoms with Crippen LogP contribution in [0.4, 0.5) is 0 Å². The first kappa shape index (κ1) is 12.2. The summed E-state index contributed by atoms with van der Waals surface area (Å²) >= 11 is 3.29. The molecule has 0 aromatic carbocycles. The molecule has 1 amide bonds. The molecule has 0 aliphatic heterocycles. The largest absolute Gasteiger partial charge is 0.361 e. The third-order valence-corrected chi connectivity index (χ3v) is 3.33. The van der Waals surface area contributed by atoms with Crippen molar-refractivity contribution in [3.8, 4) is 0 Å². The minimum absolute atomic E-state index is 0.00231. The van der Waals surface area contributed by atoms with Gasteiger partial charge in [0.25, 0.3) is 0 Å². The van der Waals surface area contributed by atoms with Gasteiger partial charge in [0.1, 0.15) is 5.76 Å². The van der Waals surface area contributed by atoms with Gasteiger partial charge in [-0.25, -0.2) is 0 Å². The first-order valence-electron chi connectivity index (χ1n) is 4.89. The maximum Gasteiger partial charge on any atom is 0.234 e. The highest BCUT2D eigenvalue weighted by Crippen LogP contribution is 2.12. The summed E-state index contributed by atoms with van der Waals surface area (Å²) in [4.78, 5) is 11.4. The molecule has 4 nitrogen and oxygen atoms in total. The van der Waals surface area contributed by atoms with Crippen molar-refractivity contribution in [2.75, 3.05) is 0 Å². The molecule has 0 aliphatic carbocycles. The van der Waals surface area contributed by atoms with Crippen molar-refractivity contribution in [2.45, 2.75) is 38.6 Å². The van der Waals surface area contributed by atoms with E-state index < -0.39 is 0 Å². The molecule has 1 aromatic heterocycles. The van der Waals surface area contributed by atoms with Crippen molar-refractivity contribution in [1.29, 1.82) is 0 Å². The Hall–Kier alpha value is -0.840. The molecule has 84 valence electrons. The highest BCUT2D eigenvalue weighted by Gasteiger charge is 2.14. The molecule has 0 saturated heterocycles. The molecule has 1 N–H and O–H groups in total. The summed E-state index contributed by atoms with van der Waals surface area (Å²) in [6, 6.07) is 0. The number of halogens is 1. The van der Waals surface area contributed by atoms with Crippen molar-refractivity contribution in [3.05, 3.63) is 17.0 Å². The van der Waals surface area contributed by atoms with Crippen molar-refractivity contribution in [3.63, 3.8) is 0 Å². The average molecular weight is 275 g/mol. The van der Waals surface area contributed by atoms with Crippen molar-refractivity contribution in [1.82, 2.24) is 10.5 Å². The second-order valence-corrected chi connectivity index (χ2v) is 4.50. The van der Waals surface area contributed by atoms with Crippen LogP contribution in [0.1, 0.15) is 30.4 Å². The molecule has 5 heteroatoms. The number of alkyl halides is 1. The Kier molecular flexibility index (Phi) is 4.32. The highest BCUT2D eigenvalue weighted by atomic mass is 79.9. The molecule has 1 rings (SSSR count). The standard InChI is InChI=1S/C10H15BrN2O2/c1-4-9(11)10(14)12-5-8-6(2)13-15-7(8)3/h9H,4-5H2,1-3H3,(H,12,14). The molecular formula is C10H15BrN2O2. The SMILES string of the molecule is CCC(Br)C(=O)NCc1c(C)noc1C. The minimum atomic E-state index is -0.127. The van der Waals surface area contributed by atoms with Gasteiger partial charge in [0.2, 0.25) is 5.91 Å². The van der Waals surface area contributed by atoms with Gasteiger partial charge in [-0.2, -0.15) is 0 Å². The number of hydrogen-bond donors (Lipinski definition) is 1. The zero-order valence-electron chi connectivity index (χ0n) is 9.13. The number of hydrogen-bond acceptors (Lipinski definition) is 3. The Morgan fingerprint density at radius 1 is 1.60 bits per heavy atom. The lowest BCUT2D eigenvalue weighted by Gasteiger charge is -2.08. The van der Waals surface area contributed by atoms with Crippen LogP contribution in [0.3, 0.4) is 0 Å². The fourth-order valence-electron chi connectivity index (χ4n) is 1.23. The van der Waals surface area contributed by atoms with E-state index in [4.69, 9.17) is 4.52 Å². The number of amides is 1. The van der Waals surface area contributed by atoms with E-state index in [1.165, 1.54) is 0 Å². The molecule has 0 spiro atoms. The Morgan fingerprint density at radius 2 is 2.27 bits per heavy atom. The molecule has 1 atom stereocenters. The molecular weight excluding hydrogens is 260 g/mol. The summed E-state index contributed by atoms with van der Waals surface area (Å²) in [6.07, 6.45) is 0.771. The zero-order chi connectivity index (χ0) is 11.4. The molecule has 0 fully saturated rings. The number of carbonyl (C=O) groups excluding carboxylic acids is 1. The molecule has 0 radical (unpaired) electrons. The van der Waals surface area contributed by atoms with E-state index in [0.717, 1.165) is 23.4 Å². The second kappa shape index (κ2) is 5.30. The fourth-order valence-corrected chi connectivity index (χ4v) is 1.39. The predicted octanol–water partition coefficient (Wildman–Crippen LogP) is 2.08. The molecule has 1 unspecified atom stereocenters. The van der Waals surface area contributed by atoms with E-state index in [0.29, 0.717) is 6.54 Å². The van der Waals surface area contributed by atoms with Crippen LogP contribution < -0.4 is 5.32 Å². The number of aromatic nitrogens is 1. The molecule has 0 bridgehead atoms. The smallest absolute Gasteiger partial charge is 0.234 e.